The fourth-order valence-electron chi connectivity index (χ4n) is 2.00. The van der Waals surface area contributed by atoms with Crippen molar-refractivity contribution < 1.29 is 5.11 Å². The molecular weight excluding hydrogens is 202 g/mol. The summed E-state index contributed by atoms with van der Waals surface area (Å²) in [5, 5.41) is 9.15. The molecular formula is C12H19N3O. The molecule has 88 valence electrons. The van der Waals surface area contributed by atoms with Crippen LogP contribution in [-0.4, -0.2) is 52.6 Å². The summed E-state index contributed by atoms with van der Waals surface area (Å²) in [5.74, 6) is 0.236. The summed E-state index contributed by atoms with van der Waals surface area (Å²) < 4.78 is 0. The van der Waals surface area contributed by atoms with Crippen LogP contribution >= 0.6 is 0 Å². The molecule has 0 saturated carbocycles. The molecule has 1 N–H and O–H groups in total. The Labute approximate surface area is 96.5 Å². The molecule has 0 bridgehead atoms. The van der Waals surface area contributed by atoms with Gasteiger partial charge in [0.1, 0.15) is 5.75 Å². The van der Waals surface area contributed by atoms with Crippen LogP contribution in [0.4, 0.5) is 0 Å². The van der Waals surface area contributed by atoms with E-state index in [-0.39, 0.29) is 5.75 Å². The fraction of sp³-hybridized carbons (Fsp3) is 0.583. The van der Waals surface area contributed by atoms with E-state index in [1.165, 1.54) is 6.20 Å². The Balaban J connectivity index is 1.84. The Kier molecular flexibility index (Phi) is 3.74. The van der Waals surface area contributed by atoms with Crippen LogP contribution < -0.4 is 0 Å². The molecule has 1 aromatic rings. The van der Waals surface area contributed by atoms with E-state index < -0.39 is 0 Å². The van der Waals surface area contributed by atoms with E-state index in [4.69, 9.17) is 5.11 Å². The lowest BCUT2D eigenvalue weighted by Gasteiger charge is -2.33. The van der Waals surface area contributed by atoms with Gasteiger partial charge in [0.2, 0.25) is 0 Å². The fourth-order valence-corrected chi connectivity index (χ4v) is 2.00. The van der Waals surface area contributed by atoms with E-state index in [2.05, 4.69) is 21.7 Å². The van der Waals surface area contributed by atoms with Crippen molar-refractivity contribution in [3.8, 4) is 5.75 Å². The average Bonchev–Trinajstić information content (AvgIpc) is 2.33. The third-order valence-corrected chi connectivity index (χ3v) is 3.11. The Morgan fingerprint density at radius 1 is 1.19 bits per heavy atom. The molecule has 1 aromatic heterocycles. The van der Waals surface area contributed by atoms with Gasteiger partial charge in [0.05, 0.1) is 11.9 Å². The van der Waals surface area contributed by atoms with Gasteiger partial charge in [-0.05, 0) is 18.7 Å². The SMILES string of the molecule is CCN1CCN(Cc2ccc(O)cn2)CC1. The van der Waals surface area contributed by atoms with Gasteiger partial charge in [0.25, 0.3) is 0 Å². The number of hydrogen-bond donors (Lipinski definition) is 1. The molecule has 1 aliphatic heterocycles. The van der Waals surface area contributed by atoms with Crippen LogP contribution in [0.5, 0.6) is 5.75 Å². The lowest BCUT2D eigenvalue weighted by atomic mass is 10.2. The zero-order valence-electron chi connectivity index (χ0n) is 9.76. The first-order chi connectivity index (χ1) is 7.78. The molecule has 0 unspecified atom stereocenters. The zero-order chi connectivity index (χ0) is 11.4. The summed E-state index contributed by atoms with van der Waals surface area (Å²) in [5.41, 5.74) is 1.03. The molecule has 1 aliphatic rings. The largest absolute Gasteiger partial charge is 0.506 e. The molecule has 1 saturated heterocycles. The summed E-state index contributed by atoms with van der Waals surface area (Å²) in [6.45, 7) is 8.75. The third kappa shape index (κ3) is 2.93. The summed E-state index contributed by atoms with van der Waals surface area (Å²) in [4.78, 5) is 9.07. The Morgan fingerprint density at radius 2 is 1.88 bits per heavy atom. The van der Waals surface area contributed by atoms with Crippen molar-refractivity contribution in [1.82, 2.24) is 14.8 Å². The van der Waals surface area contributed by atoms with E-state index in [9.17, 15) is 0 Å². The zero-order valence-corrected chi connectivity index (χ0v) is 9.76. The number of rotatable bonds is 3. The third-order valence-electron chi connectivity index (χ3n) is 3.11. The van der Waals surface area contributed by atoms with Crippen molar-refractivity contribution >= 4 is 0 Å². The molecule has 2 heterocycles. The van der Waals surface area contributed by atoms with Crippen LogP contribution in [0.2, 0.25) is 0 Å². The highest BCUT2D eigenvalue weighted by Crippen LogP contribution is 2.09. The highest BCUT2D eigenvalue weighted by atomic mass is 16.3. The topological polar surface area (TPSA) is 39.6 Å². The van der Waals surface area contributed by atoms with Crippen molar-refractivity contribution in [1.29, 1.82) is 0 Å². The van der Waals surface area contributed by atoms with Gasteiger partial charge in [-0.25, -0.2) is 0 Å². The first-order valence-electron chi connectivity index (χ1n) is 5.86. The minimum absolute atomic E-state index is 0.236. The molecule has 0 atom stereocenters. The average molecular weight is 221 g/mol. The molecule has 4 heteroatoms. The first-order valence-corrected chi connectivity index (χ1v) is 5.86. The second kappa shape index (κ2) is 5.27. The summed E-state index contributed by atoms with van der Waals surface area (Å²) in [6.07, 6.45) is 1.51. The van der Waals surface area contributed by atoms with Crippen molar-refractivity contribution in [3.05, 3.63) is 24.0 Å². The van der Waals surface area contributed by atoms with Crippen LogP contribution in [-0.2, 0) is 6.54 Å². The molecule has 2 rings (SSSR count). The van der Waals surface area contributed by atoms with E-state index in [1.54, 1.807) is 6.07 Å². The Morgan fingerprint density at radius 3 is 2.44 bits per heavy atom. The minimum Gasteiger partial charge on any atom is -0.506 e. The molecule has 0 aliphatic carbocycles. The van der Waals surface area contributed by atoms with Crippen LogP contribution in [0.25, 0.3) is 0 Å². The number of nitrogens with zero attached hydrogens (tertiary/aromatic N) is 3. The summed E-state index contributed by atoms with van der Waals surface area (Å²) >= 11 is 0. The van der Waals surface area contributed by atoms with Gasteiger partial charge in [0.15, 0.2) is 0 Å². The monoisotopic (exact) mass is 221 g/mol. The number of aromatic hydroxyl groups is 1. The molecule has 0 spiro atoms. The van der Waals surface area contributed by atoms with Gasteiger partial charge in [-0.3, -0.25) is 9.88 Å². The van der Waals surface area contributed by atoms with Gasteiger partial charge in [-0.15, -0.1) is 0 Å². The highest BCUT2D eigenvalue weighted by molar-refractivity contribution is 5.17. The first kappa shape index (κ1) is 11.4. The minimum atomic E-state index is 0.236. The van der Waals surface area contributed by atoms with Crippen LogP contribution in [0.1, 0.15) is 12.6 Å². The smallest absolute Gasteiger partial charge is 0.133 e. The number of likely N-dealkylation sites (N-methyl/N-ethyl adjacent to an activating group) is 1. The van der Waals surface area contributed by atoms with Crippen LogP contribution in [0.15, 0.2) is 18.3 Å². The van der Waals surface area contributed by atoms with Gasteiger partial charge in [0, 0.05) is 32.7 Å². The van der Waals surface area contributed by atoms with Crippen molar-refractivity contribution in [3.63, 3.8) is 0 Å². The van der Waals surface area contributed by atoms with Crippen molar-refractivity contribution in [2.75, 3.05) is 32.7 Å². The summed E-state index contributed by atoms with van der Waals surface area (Å²) in [7, 11) is 0. The standard InChI is InChI=1S/C12H19N3O/c1-2-14-5-7-15(8-6-14)10-11-3-4-12(16)9-13-11/h3-4,9,16H,2,5-8,10H2,1H3. The van der Waals surface area contributed by atoms with Crippen LogP contribution in [0, 0.1) is 0 Å². The lowest BCUT2D eigenvalue weighted by Crippen LogP contribution is -2.45. The Bertz CT molecular complexity index is 318. The summed E-state index contributed by atoms with van der Waals surface area (Å²) in [6, 6.07) is 3.59. The Hall–Kier alpha value is -1.13. The predicted octanol–water partition coefficient (Wildman–Crippen LogP) is 0.925. The van der Waals surface area contributed by atoms with Gasteiger partial charge in [-0.1, -0.05) is 6.92 Å². The molecule has 4 nitrogen and oxygen atoms in total. The van der Waals surface area contributed by atoms with Crippen molar-refractivity contribution in [2.24, 2.45) is 0 Å². The molecule has 16 heavy (non-hydrogen) atoms. The van der Waals surface area contributed by atoms with E-state index >= 15 is 0 Å². The second-order valence-corrected chi connectivity index (χ2v) is 4.22. The number of aromatic nitrogens is 1. The quantitative estimate of drug-likeness (QED) is 0.824. The maximum Gasteiger partial charge on any atom is 0.133 e. The number of hydrogen-bond acceptors (Lipinski definition) is 4. The normalized spacial score (nSPS) is 18.8. The predicted molar refractivity (Wildman–Crippen MR) is 63.3 cm³/mol. The maximum absolute atomic E-state index is 9.15. The highest BCUT2D eigenvalue weighted by Gasteiger charge is 2.15. The van der Waals surface area contributed by atoms with Gasteiger partial charge < -0.3 is 10.0 Å². The van der Waals surface area contributed by atoms with Crippen molar-refractivity contribution in [2.45, 2.75) is 13.5 Å². The lowest BCUT2D eigenvalue weighted by molar-refractivity contribution is 0.131. The molecule has 1 fully saturated rings. The van der Waals surface area contributed by atoms with Gasteiger partial charge in [-0.2, -0.15) is 0 Å². The van der Waals surface area contributed by atoms with E-state index in [1.807, 2.05) is 6.07 Å². The second-order valence-electron chi connectivity index (χ2n) is 4.22. The number of pyridine rings is 1. The molecule has 0 radical (unpaired) electrons. The number of piperazine rings is 1. The van der Waals surface area contributed by atoms with Crippen LogP contribution in [0.3, 0.4) is 0 Å². The van der Waals surface area contributed by atoms with E-state index in [0.717, 1.165) is 45.0 Å². The van der Waals surface area contributed by atoms with E-state index in [0.29, 0.717) is 0 Å². The van der Waals surface area contributed by atoms with Gasteiger partial charge >= 0.3 is 0 Å². The molecule has 0 aromatic carbocycles. The molecule has 0 amide bonds. The maximum atomic E-state index is 9.15.